The van der Waals surface area contributed by atoms with Crippen LogP contribution in [0.4, 0.5) is 0 Å². The molecule has 3 nitrogen and oxygen atoms in total. The number of pyridine rings is 1. The summed E-state index contributed by atoms with van der Waals surface area (Å²) in [6.07, 6.45) is 2.02. The fourth-order valence-corrected chi connectivity index (χ4v) is 1.61. The molecule has 80 valence electrons. The molecule has 0 atom stereocenters. The van der Waals surface area contributed by atoms with E-state index < -0.39 is 5.56 Å². The van der Waals surface area contributed by atoms with Crippen molar-refractivity contribution in [2.75, 3.05) is 0 Å². The lowest BCUT2D eigenvalue weighted by atomic mass is 10.2. The summed E-state index contributed by atoms with van der Waals surface area (Å²) in [6.45, 7) is 0. The van der Waals surface area contributed by atoms with Crippen molar-refractivity contribution in [2.24, 2.45) is 0 Å². The first-order valence-electron chi connectivity index (χ1n) is 4.66. The van der Waals surface area contributed by atoms with E-state index in [0.717, 1.165) is 0 Å². The van der Waals surface area contributed by atoms with Crippen LogP contribution in [0.5, 0.6) is 0 Å². The van der Waals surface area contributed by atoms with Gasteiger partial charge in [0.2, 0.25) is 0 Å². The van der Waals surface area contributed by atoms with Gasteiger partial charge in [0, 0.05) is 11.9 Å². The van der Waals surface area contributed by atoms with Gasteiger partial charge in [-0.05, 0) is 18.2 Å². The maximum atomic E-state index is 11.9. The molecule has 0 radical (unpaired) electrons. The molecule has 0 aliphatic carbocycles. The zero-order chi connectivity index (χ0) is 11.5. The first-order chi connectivity index (χ1) is 7.74. The molecule has 2 rings (SSSR count). The van der Waals surface area contributed by atoms with Gasteiger partial charge in [0.05, 0.1) is 10.6 Å². The Bertz CT molecular complexity index is 575. The topological polar surface area (TPSA) is 39.1 Å². The van der Waals surface area contributed by atoms with E-state index in [-0.39, 0.29) is 10.6 Å². The molecular weight excluding hydrogens is 226 g/mol. The predicted octanol–water partition coefficient (Wildman–Crippen LogP) is 2.30. The van der Waals surface area contributed by atoms with Crippen LogP contribution in [0.2, 0.25) is 5.02 Å². The van der Waals surface area contributed by atoms with E-state index in [1.165, 1.54) is 10.6 Å². The van der Waals surface area contributed by atoms with E-state index in [9.17, 15) is 9.59 Å². The average Bonchev–Trinajstić information content (AvgIpc) is 2.31. The van der Waals surface area contributed by atoms with Crippen LogP contribution in [0, 0.1) is 0 Å². The molecule has 1 aromatic heterocycles. The van der Waals surface area contributed by atoms with E-state index >= 15 is 0 Å². The van der Waals surface area contributed by atoms with Gasteiger partial charge in [0.15, 0.2) is 6.29 Å². The summed E-state index contributed by atoms with van der Waals surface area (Å²) in [4.78, 5) is 22.6. The Morgan fingerprint density at radius 2 is 1.81 bits per heavy atom. The molecule has 4 heteroatoms. The van der Waals surface area contributed by atoms with Gasteiger partial charge in [-0.1, -0.05) is 29.8 Å². The second-order valence-electron chi connectivity index (χ2n) is 3.21. The number of hydrogen-bond donors (Lipinski definition) is 0. The predicted molar refractivity (Wildman–Crippen MR) is 62.4 cm³/mol. The Labute approximate surface area is 96.9 Å². The highest BCUT2D eigenvalue weighted by Gasteiger charge is 2.08. The zero-order valence-corrected chi connectivity index (χ0v) is 9.02. The van der Waals surface area contributed by atoms with Gasteiger partial charge in [-0.2, -0.15) is 0 Å². The maximum Gasteiger partial charge on any atom is 0.267 e. The number of rotatable bonds is 2. The third kappa shape index (κ3) is 1.77. The molecule has 1 aromatic carbocycles. The number of aromatic nitrogens is 1. The largest absolute Gasteiger partial charge is 0.298 e. The molecule has 0 N–H and O–H groups in total. The third-order valence-electron chi connectivity index (χ3n) is 2.23. The lowest BCUT2D eigenvalue weighted by Gasteiger charge is -2.06. The number of benzene rings is 1. The van der Waals surface area contributed by atoms with Crippen molar-refractivity contribution < 1.29 is 4.79 Å². The molecule has 0 aliphatic rings. The molecule has 0 fully saturated rings. The molecule has 0 amide bonds. The Morgan fingerprint density at radius 1 is 1.12 bits per heavy atom. The van der Waals surface area contributed by atoms with Gasteiger partial charge in [-0.25, -0.2) is 0 Å². The summed E-state index contributed by atoms with van der Waals surface area (Å²) in [7, 11) is 0. The number of hydrogen-bond acceptors (Lipinski definition) is 2. The van der Waals surface area contributed by atoms with Crippen LogP contribution in [-0.2, 0) is 0 Å². The number of para-hydroxylation sites is 1. The lowest BCUT2D eigenvalue weighted by Crippen LogP contribution is -2.21. The number of halogens is 1. The van der Waals surface area contributed by atoms with Gasteiger partial charge >= 0.3 is 0 Å². The van der Waals surface area contributed by atoms with E-state index in [1.54, 1.807) is 18.3 Å². The molecular formula is C12H8ClNO2. The van der Waals surface area contributed by atoms with E-state index in [1.807, 2.05) is 18.2 Å². The molecule has 16 heavy (non-hydrogen) atoms. The van der Waals surface area contributed by atoms with Crippen molar-refractivity contribution in [2.45, 2.75) is 0 Å². The van der Waals surface area contributed by atoms with Crippen molar-refractivity contribution in [3.8, 4) is 5.69 Å². The van der Waals surface area contributed by atoms with Crippen LogP contribution in [-0.4, -0.2) is 10.9 Å². The Balaban J connectivity index is 2.69. The summed E-state index contributed by atoms with van der Waals surface area (Å²) in [5.74, 6) is 0. The van der Waals surface area contributed by atoms with Gasteiger partial charge in [0.1, 0.15) is 0 Å². The van der Waals surface area contributed by atoms with Crippen molar-refractivity contribution >= 4 is 17.9 Å². The molecule has 0 spiro atoms. The minimum atomic E-state index is -0.409. The second-order valence-corrected chi connectivity index (χ2v) is 3.61. The van der Waals surface area contributed by atoms with Crippen molar-refractivity contribution in [1.82, 2.24) is 4.57 Å². The highest BCUT2D eigenvalue weighted by Crippen LogP contribution is 2.11. The minimum absolute atomic E-state index is 0.0204. The standard InChI is InChI=1S/C12H8ClNO2/c13-11-6-7-14(12(16)10(11)8-15)9-4-2-1-3-5-9/h1-8H. The van der Waals surface area contributed by atoms with Crippen LogP contribution < -0.4 is 5.56 Å². The van der Waals surface area contributed by atoms with Crippen molar-refractivity contribution in [3.63, 3.8) is 0 Å². The highest BCUT2D eigenvalue weighted by atomic mass is 35.5. The summed E-state index contributed by atoms with van der Waals surface area (Å²) in [5.41, 5.74) is 0.272. The fraction of sp³-hybridized carbons (Fsp3) is 0. The Morgan fingerprint density at radius 3 is 2.44 bits per heavy atom. The number of carbonyl (C=O) groups excluding carboxylic acids is 1. The smallest absolute Gasteiger partial charge is 0.267 e. The zero-order valence-electron chi connectivity index (χ0n) is 8.26. The van der Waals surface area contributed by atoms with E-state index in [0.29, 0.717) is 12.0 Å². The molecule has 1 heterocycles. The van der Waals surface area contributed by atoms with Crippen LogP contribution in [0.3, 0.4) is 0 Å². The number of aldehydes is 1. The van der Waals surface area contributed by atoms with Crippen molar-refractivity contribution in [3.05, 3.63) is 63.5 Å². The monoisotopic (exact) mass is 233 g/mol. The lowest BCUT2D eigenvalue weighted by molar-refractivity contribution is 0.112. The first kappa shape index (κ1) is 10.6. The Hall–Kier alpha value is -1.87. The van der Waals surface area contributed by atoms with E-state index in [2.05, 4.69) is 0 Å². The highest BCUT2D eigenvalue weighted by molar-refractivity contribution is 6.32. The molecule has 0 aliphatic heterocycles. The van der Waals surface area contributed by atoms with E-state index in [4.69, 9.17) is 11.6 Å². The van der Waals surface area contributed by atoms with Crippen LogP contribution in [0.25, 0.3) is 5.69 Å². The van der Waals surface area contributed by atoms with Gasteiger partial charge < -0.3 is 0 Å². The average molecular weight is 234 g/mol. The maximum absolute atomic E-state index is 11.9. The summed E-state index contributed by atoms with van der Waals surface area (Å²) in [6, 6.07) is 10.6. The third-order valence-corrected chi connectivity index (χ3v) is 2.56. The molecule has 0 bridgehead atoms. The van der Waals surface area contributed by atoms with Gasteiger partial charge in [-0.15, -0.1) is 0 Å². The molecule has 0 saturated heterocycles. The number of nitrogens with zero attached hydrogens (tertiary/aromatic N) is 1. The summed E-state index contributed by atoms with van der Waals surface area (Å²) >= 11 is 5.74. The molecule has 0 saturated carbocycles. The summed E-state index contributed by atoms with van der Waals surface area (Å²) < 4.78 is 1.38. The fourth-order valence-electron chi connectivity index (χ4n) is 1.43. The van der Waals surface area contributed by atoms with Crippen molar-refractivity contribution in [1.29, 1.82) is 0 Å². The van der Waals surface area contributed by atoms with Crippen LogP contribution in [0.1, 0.15) is 10.4 Å². The van der Waals surface area contributed by atoms with Crippen LogP contribution in [0.15, 0.2) is 47.4 Å². The normalized spacial score (nSPS) is 10.1. The minimum Gasteiger partial charge on any atom is -0.298 e. The number of carbonyl (C=O) groups is 1. The van der Waals surface area contributed by atoms with Gasteiger partial charge in [-0.3, -0.25) is 14.2 Å². The quantitative estimate of drug-likeness (QED) is 0.747. The molecule has 0 unspecified atom stereocenters. The first-order valence-corrected chi connectivity index (χ1v) is 5.03. The SMILES string of the molecule is O=Cc1c(Cl)ccn(-c2ccccc2)c1=O. The van der Waals surface area contributed by atoms with Gasteiger partial charge in [0.25, 0.3) is 5.56 Å². The van der Waals surface area contributed by atoms with Crippen LogP contribution >= 0.6 is 11.6 Å². The summed E-state index contributed by atoms with van der Waals surface area (Å²) in [5, 5.41) is 0.173. The Kier molecular flexibility index (Phi) is 2.88. The molecule has 2 aromatic rings. The second kappa shape index (κ2) is 4.33.